The third-order valence-corrected chi connectivity index (χ3v) is 1.94. The minimum absolute atomic E-state index is 0.0525. The Kier molecular flexibility index (Phi) is 1.19. The molecule has 0 saturated carbocycles. The lowest BCUT2D eigenvalue weighted by Crippen LogP contribution is -2.23. The van der Waals surface area contributed by atoms with Crippen LogP contribution in [0.15, 0.2) is 21.7 Å². The molecule has 2 rings (SSSR count). The molecule has 0 spiro atoms. The maximum atomic E-state index is 5.20. The lowest BCUT2D eigenvalue weighted by Gasteiger charge is -2.21. The summed E-state index contributed by atoms with van der Waals surface area (Å²) in [4.78, 5) is 4.36. The Bertz CT molecular complexity index is 296. The highest BCUT2D eigenvalue weighted by atomic mass is 16.3. The van der Waals surface area contributed by atoms with E-state index in [4.69, 9.17) is 4.42 Å². The van der Waals surface area contributed by atoms with Crippen molar-refractivity contribution in [1.29, 1.82) is 0 Å². The van der Waals surface area contributed by atoms with Gasteiger partial charge in [0, 0.05) is 12.0 Å². The fraction of sp³-hybridized carbons (Fsp3) is 0.444. The Morgan fingerprint density at radius 3 is 3.18 bits per heavy atom. The summed E-state index contributed by atoms with van der Waals surface area (Å²) in [5, 5.41) is 0. The molecule has 0 saturated heterocycles. The molecule has 0 radical (unpaired) electrons. The Balaban J connectivity index is 2.44. The maximum absolute atomic E-state index is 5.20. The molecule has 58 valence electrons. The standard InChI is InChI=1S/C9H11NO/c1-9(2)5-7-3-4-11-8(7)6-10-9/h3-4,6H,5H2,1-2H3. The van der Waals surface area contributed by atoms with Gasteiger partial charge in [-0.2, -0.15) is 0 Å². The minimum atomic E-state index is 0.0525. The van der Waals surface area contributed by atoms with Crippen LogP contribution in [-0.4, -0.2) is 11.8 Å². The SMILES string of the molecule is CC1(C)Cc2ccoc2C=N1. The molecule has 0 aliphatic carbocycles. The molecule has 0 amide bonds. The van der Waals surface area contributed by atoms with E-state index in [2.05, 4.69) is 18.8 Å². The van der Waals surface area contributed by atoms with E-state index >= 15 is 0 Å². The topological polar surface area (TPSA) is 25.5 Å². The maximum Gasteiger partial charge on any atom is 0.147 e. The van der Waals surface area contributed by atoms with Crippen molar-refractivity contribution in [3.05, 3.63) is 23.7 Å². The number of fused-ring (bicyclic) bond motifs is 1. The van der Waals surface area contributed by atoms with Crippen LogP contribution < -0.4 is 0 Å². The highest BCUT2D eigenvalue weighted by Gasteiger charge is 2.22. The number of nitrogens with zero attached hydrogens (tertiary/aromatic N) is 1. The first-order chi connectivity index (χ1) is 5.17. The van der Waals surface area contributed by atoms with Gasteiger partial charge >= 0.3 is 0 Å². The van der Waals surface area contributed by atoms with E-state index in [1.54, 1.807) is 6.26 Å². The summed E-state index contributed by atoms with van der Waals surface area (Å²) in [5.74, 6) is 0.921. The number of furan rings is 1. The van der Waals surface area contributed by atoms with Crippen molar-refractivity contribution < 1.29 is 4.42 Å². The zero-order chi connectivity index (χ0) is 7.90. The van der Waals surface area contributed by atoms with E-state index in [1.807, 2.05) is 12.3 Å². The van der Waals surface area contributed by atoms with Gasteiger partial charge in [-0.15, -0.1) is 0 Å². The predicted molar refractivity (Wildman–Crippen MR) is 44.1 cm³/mol. The first-order valence-electron chi connectivity index (χ1n) is 3.79. The molecule has 0 N–H and O–H groups in total. The zero-order valence-electron chi connectivity index (χ0n) is 6.79. The van der Waals surface area contributed by atoms with Gasteiger partial charge in [-0.05, 0) is 19.9 Å². The molecule has 11 heavy (non-hydrogen) atoms. The minimum Gasteiger partial charge on any atom is -0.463 e. The van der Waals surface area contributed by atoms with Gasteiger partial charge in [-0.1, -0.05) is 0 Å². The molecular formula is C9H11NO. The van der Waals surface area contributed by atoms with Crippen LogP contribution in [0.5, 0.6) is 0 Å². The molecule has 1 aliphatic rings. The van der Waals surface area contributed by atoms with Gasteiger partial charge in [0.05, 0.1) is 18.0 Å². The van der Waals surface area contributed by atoms with Crippen molar-refractivity contribution in [2.75, 3.05) is 0 Å². The van der Waals surface area contributed by atoms with Gasteiger partial charge in [0.15, 0.2) is 0 Å². The van der Waals surface area contributed by atoms with Gasteiger partial charge < -0.3 is 4.42 Å². The first-order valence-corrected chi connectivity index (χ1v) is 3.79. The highest BCUT2D eigenvalue weighted by molar-refractivity contribution is 5.79. The third kappa shape index (κ3) is 1.09. The second kappa shape index (κ2) is 1.97. The molecule has 0 unspecified atom stereocenters. The summed E-state index contributed by atoms with van der Waals surface area (Å²) >= 11 is 0. The fourth-order valence-electron chi connectivity index (χ4n) is 1.35. The third-order valence-electron chi connectivity index (χ3n) is 1.94. The van der Waals surface area contributed by atoms with Crippen LogP contribution in [0.25, 0.3) is 0 Å². The van der Waals surface area contributed by atoms with Gasteiger partial charge in [0.2, 0.25) is 0 Å². The van der Waals surface area contributed by atoms with E-state index < -0.39 is 0 Å². The lowest BCUT2D eigenvalue weighted by atomic mass is 9.94. The van der Waals surface area contributed by atoms with Crippen LogP contribution in [0.1, 0.15) is 25.2 Å². The Morgan fingerprint density at radius 2 is 2.36 bits per heavy atom. The van der Waals surface area contributed by atoms with Crippen molar-refractivity contribution in [3.63, 3.8) is 0 Å². The summed E-state index contributed by atoms with van der Waals surface area (Å²) in [6.07, 6.45) is 4.52. The summed E-state index contributed by atoms with van der Waals surface area (Å²) in [6, 6.07) is 2.02. The second-order valence-corrected chi connectivity index (χ2v) is 3.56. The van der Waals surface area contributed by atoms with E-state index in [1.165, 1.54) is 5.56 Å². The molecule has 2 heterocycles. The average Bonchev–Trinajstić information content (AvgIpc) is 2.31. The number of hydrogen-bond acceptors (Lipinski definition) is 2. The monoisotopic (exact) mass is 149 g/mol. The number of aliphatic imine (C=N–C) groups is 1. The van der Waals surface area contributed by atoms with Crippen molar-refractivity contribution in [2.45, 2.75) is 25.8 Å². The average molecular weight is 149 g/mol. The van der Waals surface area contributed by atoms with E-state index in [9.17, 15) is 0 Å². The number of hydrogen-bond donors (Lipinski definition) is 0. The highest BCUT2D eigenvalue weighted by Crippen LogP contribution is 2.23. The van der Waals surface area contributed by atoms with Crippen LogP contribution in [0.2, 0.25) is 0 Å². The zero-order valence-corrected chi connectivity index (χ0v) is 6.79. The van der Waals surface area contributed by atoms with Crippen LogP contribution in [0.4, 0.5) is 0 Å². The van der Waals surface area contributed by atoms with Crippen molar-refractivity contribution >= 4 is 6.21 Å². The lowest BCUT2D eigenvalue weighted by molar-refractivity contribution is 0.492. The molecule has 0 atom stereocenters. The molecule has 0 bridgehead atoms. The van der Waals surface area contributed by atoms with E-state index in [-0.39, 0.29) is 5.54 Å². The van der Waals surface area contributed by atoms with Crippen molar-refractivity contribution in [2.24, 2.45) is 4.99 Å². The van der Waals surface area contributed by atoms with Gasteiger partial charge in [-0.3, -0.25) is 4.99 Å². The predicted octanol–water partition coefficient (Wildman–Crippen LogP) is 2.03. The van der Waals surface area contributed by atoms with Crippen LogP contribution in [-0.2, 0) is 6.42 Å². The van der Waals surface area contributed by atoms with Gasteiger partial charge in [0.1, 0.15) is 5.76 Å². The quantitative estimate of drug-likeness (QED) is 0.554. The molecule has 1 aliphatic heterocycles. The Morgan fingerprint density at radius 1 is 1.55 bits per heavy atom. The molecule has 2 nitrogen and oxygen atoms in total. The molecule has 1 aromatic heterocycles. The smallest absolute Gasteiger partial charge is 0.147 e. The Hall–Kier alpha value is -1.05. The van der Waals surface area contributed by atoms with Gasteiger partial charge in [0.25, 0.3) is 0 Å². The second-order valence-electron chi connectivity index (χ2n) is 3.56. The largest absolute Gasteiger partial charge is 0.463 e. The first kappa shape index (κ1) is 6.65. The summed E-state index contributed by atoms with van der Waals surface area (Å²) in [5.41, 5.74) is 1.32. The normalized spacial score (nSPS) is 19.8. The summed E-state index contributed by atoms with van der Waals surface area (Å²) in [6.45, 7) is 4.25. The molecular weight excluding hydrogens is 138 g/mol. The summed E-state index contributed by atoms with van der Waals surface area (Å²) < 4.78 is 5.20. The van der Waals surface area contributed by atoms with Crippen LogP contribution >= 0.6 is 0 Å². The van der Waals surface area contributed by atoms with Crippen molar-refractivity contribution in [1.82, 2.24) is 0 Å². The van der Waals surface area contributed by atoms with Crippen LogP contribution in [0.3, 0.4) is 0 Å². The number of rotatable bonds is 0. The fourth-order valence-corrected chi connectivity index (χ4v) is 1.35. The van der Waals surface area contributed by atoms with E-state index in [0.29, 0.717) is 0 Å². The van der Waals surface area contributed by atoms with E-state index in [0.717, 1.165) is 12.2 Å². The molecule has 0 fully saturated rings. The summed E-state index contributed by atoms with van der Waals surface area (Å²) in [7, 11) is 0. The van der Waals surface area contributed by atoms with Crippen LogP contribution in [0, 0.1) is 0 Å². The van der Waals surface area contributed by atoms with Crippen molar-refractivity contribution in [3.8, 4) is 0 Å². The molecule has 2 heteroatoms. The Labute approximate surface area is 65.9 Å². The molecule has 0 aromatic carbocycles. The molecule has 1 aromatic rings. The van der Waals surface area contributed by atoms with Gasteiger partial charge in [-0.25, -0.2) is 0 Å².